The number of rotatable bonds is 8. The summed E-state index contributed by atoms with van der Waals surface area (Å²) in [5, 5.41) is 6.24. The van der Waals surface area contributed by atoms with E-state index in [1.54, 1.807) is 32.2 Å². The number of nitrogens with one attached hydrogen (secondary N) is 2. The van der Waals surface area contributed by atoms with E-state index in [-0.39, 0.29) is 36.3 Å². The van der Waals surface area contributed by atoms with Gasteiger partial charge >= 0.3 is 6.18 Å². The van der Waals surface area contributed by atoms with E-state index in [9.17, 15) is 13.2 Å². The van der Waals surface area contributed by atoms with Crippen LogP contribution in [0.3, 0.4) is 0 Å². The molecule has 0 saturated carbocycles. The van der Waals surface area contributed by atoms with Gasteiger partial charge in [0.05, 0.1) is 25.9 Å². The van der Waals surface area contributed by atoms with Gasteiger partial charge in [0.2, 0.25) is 5.88 Å². The quantitative estimate of drug-likeness (QED) is 0.300. The highest BCUT2D eigenvalue weighted by molar-refractivity contribution is 14.0. The molecule has 0 fully saturated rings. The van der Waals surface area contributed by atoms with Gasteiger partial charge in [-0.3, -0.25) is 0 Å². The summed E-state index contributed by atoms with van der Waals surface area (Å²) in [4.78, 5) is 8.77. The molecule has 30 heavy (non-hydrogen) atoms. The smallest absolute Gasteiger partial charge is 0.422 e. The molecule has 0 radical (unpaired) electrons. The van der Waals surface area contributed by atoms with Gasteiger partial charge < -0.3 is 20.1 Å². The second-order valence-corrected chi connectivity index (χ2v) is 6.24. The van der Waals surface area contributed by atoms with Crippen LogP contribution in [0, 0.1) is 6.92 Å². The molecule has 166 valence electrons. The molecule has 10 heteroatoms. The van der Waals surface area contributed by atoms with E-state index in [1.807, 2.05) is 25.1 Å². The van der Waals surface area contributed by atoms with Crippen LogP contribution in [0.2, 0.25) is 0 Å². The first-order valence-electron chi connectivity index (χ1n) is 9.12. The molecular weight excluding hydrogens is 512 g/mol. The van der Waals surface area contributed by atoms with Gasteiger partial charge in [-0.05, 0) is 31.5 Å². The van der Waals surface area contributed by atoms with Crippen LogP contribution in [0.15, 0.2) is 41.4 Å². The molecule has 0 atom stereocenters. The second-order valence-electron chi connectivity index (χ2n) is 6.24. The van der Waals surface area contributed by atoms with Crippen molar-refractivity contribution in [1.82, 2.24) is 15.6 Å². The molecule has 0 aliphatic rings. The molecule has 6 nitrogen and oxygen atoms in total. The van der Waals surface area contributed by atoms with E-state index in [0.717, 1.165) is 11.3 Å². The average molecular weight is 538 g/mol. The maximum atomic E-state index is 12.5. The highest BCUT2D eigenvalue weighted by Crippen LogP contribution is 2.24. The monoisotopic (exact) mass is 538 g/mol. The average Bonchev–Trinajstić information content (AvgIpc) is 2.69. The molecule has 0 aliphatic heterocycles. The third-order valence-electron chi connectivity index (χ3n) is 3.79. The maximum absolute atomic E-state index is 12.5. The number of guanidine groups is 1. The maximum Gasteiger partial charge on any atom is 0.422 e. The molecule has 1 heterocycles. The lowest BCUT2D eigenvalue weighted by atomic mass is 10.1. The van der Waals surface area contributed by atoms with Crippen LogP contribution >= 0.6 is 24.0 Å². The molecule has 0 saturated heterocycles. The van der Waals surface area contributed by atoms with Crippen LogP contribution < -0.4 is 20.1 Å². The van der Waals surface area contributed by atoms with Crippen molar-refractivity contribution < 1.29 is 22.6 Å². The fraction of sp³-hybridized carbons (Fsp3) is 0.400. The third kappa shape index (κ3) is 9.06. The predicted octanol–water partition coefficient (Wildman–Crippen LogP) is 4.21. The van der Waals surface area contributed by atoms with Gasteiger partial charge in [0.1, 0.15) is 5.75 Å². The number of hydrogen-bond acceptors (Lipinski definition) is 4. The fourth-order valence-electron chi connectivity index (χ4n) is 2.44. The number of halogens is 4. The molecule has 0 bridgehead atoms. The summed E-state index contributed by atoms with van der Waals surface area (Å²) in [6.45, 7) is 3.57. The van der Waals surface area contributed by atoms with E-state index in [0.29, 0.717) is 30.5 Å². The topological polar surface area (TPSA) is 67.8 Å². The van der Waals surface area contributed by atoms with Gasteiger partial charge in [-0.15, -0.1) is 24.0 Å². The van der Waals surface area contributed by atoms with E-state index >= 15 is 0 Å². The number of nitrogens with zero attached hydrogens (tertiary/aromatic N) is 2. The summed E-state index contributed by atoms with van der Waals surface area (Å²) < 4.78 is 47.6. The Labute approximate surface area is 191 Å². The van der Waals surface area contributed by atoms with Crippen LogP contribution in [0.1, 0.15) is 23.7 Å². The highest BCUT2D eigenvalue weighted by atomic mass is 127. The lowest BCUT2D eigenvalue weighted by Crippen LogP contribution is -2.37. The summed E-state index contributed by atoms with van der Waals surface area (Å²) in [5.74, 6) is 1.20. The lowest BCUT2D eigenvalue weighted by molar-refractivity contribution is -0.153. The second kappa shape index (κ2) is 12.5. The van der Waals surface area contributed by atoms with Crippen LogP contribution in [-0.2, 0) is 13.1 Å². The fourth-order valence-corrected chi connectivity index (χ4v) is 2.44. The van der Waals surface area contributed by atoms with Crippen molar-refractivity contribution in [2.24, 2.45) is 4.99 Å². The predicted molar refractivity (Wildman–Crippen MR) is 121 cm³/mol. The Kier molecular flexibility index (Phi) is 10.7. The molecule has 0 spiro atoms. The molecular formula is C20H26F3IN4O2. The molecule has 2 aromatic rings. The van der Waals surface area contributed by atoms with Crippen LogP contribution in [0.5, 0.6) is 11.6 Å². The van der Waals surface area contributed by atoms with E-state index in [2.05, 4.69) is 20.6 Å². The van der Waals surface area contributed by atoms with Crippen molar-refractivity contribution in [2.45, 2.75) is 33.1 Å². The Morgan fingerprint density at radius 3 is 2.60 bits per heavy atom. The lowest BCUT2D eigenvalue weighted by Gasteiger charge is -2.14. The number of benzene rings is 1. The van der Waals surface area contributed by atoms with Crippen LogP contribution in [-0.4, -0.2) is 37.4 Å². The largest absolute Gasteiger partial charge is 0.484 e. The number of alkyl halides is 3. The van der Waals surface area contributed by atoms with Crippen molar-refractivity contribution in [2.75, 3.05) is 20.3 Å². The molecule has 0 aliphatic carbocycles. The van der Waals surface area contributed by atoms with Crippen molar-refractivity contribution >= 4 is 29.9 Å². The minimum atomic E-state index is -4.40. The van der Waals surface area contributed by atoms with E-state index < -0.39 is 12.8 Å². The van der Waals surface area contributed by atoms with Crippen molar-refractivity contribution in [1.29, 1.82) is 0 Å². The SMILES string of the molecule is CCNC(=NCc1ccc(C)cc1OCC(F)(F)F)NCc1cccc(OC)n1.I. The zero-order valence-electron chi connectivity index (χ0n) is 17.0. The Morgan fingerprint density at radius 2 is 1.93 bits per heavy atom. The van der Waals surface area contributed by atoms with Gasteiger partial charge in [0.15, 0.2) is 12.6 Å². The van der Waals surface area contributed by atoms with Crippen LogP contribution in [0.4, 0.5) is 13.2 Å². The summed E-state index contributed by atoms with van der Waals surface area (Å²) in [7, 11) is 1.55. The van der Waals surface area contributed by atoms with Gasteiger partial charge in [-0.2, -0.15) is 13.2 Å². The molecule has 2 rings (SSSR count). The Morgan fingerprint density at radius 1 is 1.17 bits per heavy atom. The zero-order valence-corrected chi connectivity index (χ0v) is 19.4. The Hall–Kier alpha value is -2.24. The number of aryl methyl sites for hydroxylation is 1. The first-order chi connectivity index (χ1) is 13.8. The Bertz CT molecular complexity index is 832. The minimum absolute atomic E-state index is 0. The van der Waals surface area contributed by atoms with Gasteiger partial charge in [0, 0.05) is 18.2 Å². The highest BCUT2D eigenvalue weighted by Gasteiger charge is 2.28. The van der Waals surface area contributed by atoms with Crippen molar-refractivity contribution in [3.05, 3.63) is 53.2 Å². The first-order valence-corrected chi connectivity index (χ1v) is 9.12. The molecule has 0 amide bonds. The molecule has 0 unspecified atom stereocenters. The summed E-state index contributed by atoms with van der Waals surface area (Å²) in [5.41, 5.74) is 2.14. The number of aliphatic imine (C=N–C) groups is 1. The third-order valence-corrected chi connectivity index (χ3v) is 3.79. The van der Waals surface area contributed by atoms with Gasteiger partial charge in [0.25, 0.3) is 0 Å². The molecule has 1 aromatic heterocycles. The van der Waals surface area contributed by atoms with Crippen molar-refractivity contribution in [3.8, 4) is 11.6 Å². The minimum Gasteiger partial charge on any atom is -0.484 e. The normalized spacial score (nSPS) is 11.5. The zero-order chi connectivity index (χ0) is 21.3. The van der Waals surface area contributed by atoms with E-state index in [4.69, 9.17) is 9.47 Å². The van der Waals surface area contributed by atoms with Crippen molar-refractivity contribution in [3.63, 3.8) is 0 Å². The summed E-state index contributed by atoms with van der Waals surface area (Å²) >= 11 is 0. The summed E-state index contributed by atoms with van der Waals surface area (Å²) in [6.07, 6.45) is -4.40. The molecule has 2 N–H and O–H groups in total. The number of aromatic nitrogens is 1. The first kappa shape index (κ1) is 25.8. The Balaban J connectivity index is 0.00000450. The number of pyridine rings is 1. The summed E-state index contributed by atoms with van der Waals surface area (Å²) in [6, 6.07) is 10.6. The number of methoxy groups -OCH3 is 1. The number of hydrogen-bond donors (Lipinski definition) is 2. The van der Waals surface area contributed by atoms with Gasteiger partial charge in [-0.25, -0.2) is 9.98 Å². The van der Waals surface area contributed by atoms with E-state index in [1.165, 1.54) is 0 Å². The molecule has 1 aromatic carbocycles. The van der Waals surface area contributed by atoms with Gasteiger partial charge in [-0.1, -0.05) is 18.2 Å². The number of ether oxygens (including phenoxy) is 2. The van der Waals surface area contributed by atoms with Crippen LogP contribution in [0.25, 0.3) is 0 Å². The standard InChI is InChI=1S/C20H25F3N4O2.HI/c1-4-24-19(26-12-16-6-5-7-18(27-16)28-3)25-11-15-9-8-14(2)10-17(15)29-13-20(21,22)23;/h5-10H,4,11-13H2,1-3H3,(H2,24,25,26);1H.